The largest absolute Gasteiger partial charge is 0.481 e. The Bertz CT molecular complexity index is 1300. The number of aliphatic hydroxyl groups is 1. The minimum absolute atomic E-state index is 0.150. The summed E-state index contributed by atoms with van der Waals surface area (Å²) < 4.78 is 61.0. The summed E-state index contributed by atoms with van der Waals surface area (Å²) in [6.07, 6.45) is -4.96. The van der Waals surface area contributed by atoms with Gasteiger partial charge >= 0.3 is 25.5 Å². The predicted octanol–water partition coefficient (Wildman–Crippen LogP) is 2.11. The number of anilines is 1. The first-order valence-corrected chi connectivity index (χ1v) is 13.6. The zero-order valence-electron chi connectivity index (χ0n) is 23.2. The second-order valence-electron chi connectivity index (χ2n) is 11.3. The molecule has 1 saturated heterocycles. The summed E-state index contributed by atoms with van der Waals surface area (Å²) in [5.74, 6) is -1.65. The normalized spacial score (nSPS) is 27.5. The number of nitrogen functional groups attached to an aromatic ring is 1. The van der Waals surface area contributed by atoms with Crippen molar-refractivity contribution in [2.45, 2.75) is 71.2 Å². The molecular weight excluding hydrogens is 574 g/mol. The number of ether oxygens (including phenoxy) is 3. The minimum Gasteiger partial charge on any atom is -0.437 e. The van der Waals surface area contributed by atoms with Gasteiger partial charge in [0.1, 0.15) is 17.5 Å². The molecule has 19 heteroatoms. The number of azide groups is 1. The van der Waals surface area contributed by atoms with Crippen molar-refractivity contribution in [2.24, 2.45) is 15.9 Å². The van der Waals surface area contributed by atoms with Crippen LogP contribution in [0.5, 0.6) is 0 Å². The van der Waals surface area contributed by atoms with E-state index in [4.69, 9.17) is 39.0 Å². The molecule has 1 saturated carbocycles. The highest BCUT2D eigenvalue weighted by atomic mass is 31.2. The molecule has 228 valence electrons. The van der Waals surface area contributed by atoms with Crippen molar-refractivity contribution in [1.29, 1.82) is 0 Å². The fourth-order valence-corrected chi connectivity index (χ4v) is 4.97. The van der Waals surface area contributed by atoms with Gasteiger partial charge in [-0.2, -0.15) is 4.98 Å². The smallest absolute Gasteiger partial charge is 0.437 e. The Balaban J connectivity index is 1.86. The molecule has 1 aliphatic heterocycles. The minimum atomic E-state index is -4.93. The summed E-state index contributed by atoms with van der Waals surface area (Å²) in [6, 6.07) is 1.19. The topological polar surface area (TPSA) is 236 Å². The highest BCUT2D eigenvalue weighted by Gasteiger charge is 2.90. The molecule has 1 aromatic heterocycles. The van der Waals surface area contributed by atoms with Crippen molar-refractivity contribution < 1.29 is 51.4 Å². The number of esters is 2. The number of carbonyl (C=O) groups is 2. The van der Waals surface area contributed by atoms with Gasteiger partial charge in [-0.25, -0.2) is 22.8 Å². The van der Waals surface area contributed by atoms with Crippen LogP contribution >= 0.6 is 7.82 Å². The van der Waals surface area contributed by atoms with Crippen LogP contribution in [0.25, 0.3) is 10.4 Å². The van der Waals surface area contributed by atoms with Gasteiger partial charge in [-0.1, -0.05) is 5.11 Å². The van der Waals surface area contributed by atoms with Crippen LogP contribution in [0, 0.1) is 10.8 Å². The van der Waals surface area contributed by atoms with Crippen molar-refractivity contribution in [3.63, 3.8) is 0 Å². The van der Waals surface area contributed by atoms with E-state index < -0.39 is 86.1 Å². The lowest BCUT2D eigenvalue weighted by Gasteiger charge is -2.26. The number of hydrogen-bond acceptors (Lipinski definition) is 14. The predicted molar refractivity (Wildman–Crippen MR) is 135 cm³/mol. The number of alkyl halides is 1. The first-order chi connectivity index (χ1) is 18.8. The van der Waals surface area contributed by atoms with E-state index in [0.717, 1.165) is 6.20 Å². The molecule has 1 aliphatic carbocycles. The lowest BCUT2D eigenvalue weighted by Crippen LogP contribution is -2.38. The number of phosphoric ester groups is 1. The van der Waals surface area contributed by atoms with Gasteiger partial charge in [-0.15, -0.1) is 0 Å². The van der Waals surface area contributed by atoms with Crippen LogP contribution in [0.3, 0.4) is 0 Å². The van der Waals surface area contributed by atoms with Gasteiger partial charge in [0.15, 0.2) is 18.0 Å². The molecule has 0 bridgehead atoms. The zero-order chi connectivity index (χ0) is 31.0. The lowest BCUT2D eigenvalue weighted by atomic mass is 9.98. The third kappa shape index (κ3) is 6.38. The fourth-order valence-electron chi connectivity index (χ4n) is 3.82. The van der Waals surface area contributed by atoms with Crippen molar-refractivity contribution in [2.75, 3.05) is 25.9 Å². The maximum Gasteiger partial charge on any atom is 0.481 e. The summed E-state index contributed by atoms with van der Waals surface area (Å²) in [6.45, 7) is 6.61. The van der Waals surface area contributed by atoms with Gasteiger partial charge in [-0.05, 0) is 53.1 Å². The molecule has 41 heavy (non-hydrogen) atoms. The van der Waals surface area contributed by atoms with Crippen LogP contribution in [-0.4, -0.2) is 70.2 Å². The van der Waals surface area contributed by atoms with Crippen molar-refractivity contribution in [1.82, 2.24) is 9.55 Å². The number of nitrogens with zero attached hydrogens (tertiary/aromatic N) is 5. The van der Waals surface area contributed by atoms with E-state index in [9.17, 15) is 24.1 Å². The fraction of sp³-hybridized carbons (Fsp3) is 0.727. The Labute approximate surface area is 233 Å². The van der Waals surface area contributed by atoms with Crippen LogP contribution < -0.4 is 11.4 Å². The number of fused-ring (bicyclic) bond motifs is 1. The first-order valence-electron chi connectivity index (χ1n) is 12.1. The molecule has 0 spiro atoms. The third-order valence-corrected chi connectivity index (χ3v) is 7.49. The average Bonchev–Trinajstić information content (AvgIpc) is 3.24. The second kappa shape index (κ2) is 11.3. The molecule has 5 atom stereocenters. The van der Waals surface area contributed by atoms with Crippen LogP contribution in [0.15, 0.2) is 22.2 Å². The Morgan fingerprint density at radius 1 is 1.22 bits per heavy atom. The number of nitrogens with two attached hydrogens (primary N) is 1. The van der Waals surface area contributed by atoms with Gasteiger partial charge in [0.2, 0.25) is 13.6 Å². The van der Waals surface area contributed by atoms with Crippen LogP contribution in [-0.2, 0) is 41.9 Å². The van der Waals surface area contributed by atoms with E-state index in [1.165, 1.54) is 6.07 Å². The van der Waals surface area contributed by atoms with Gasteiger partial charge < -0.3 is 25.1 Å². The number of halogens is 1. The number of carbonyl (C=O) groups excluding carboxylic acids is 2. The molecule has 0 aromatic carbocycles. The van der Waals surface area contributed by atoms with E-state index in [-0.39, 0.29) is 5.82 Å². The molecule has 3 N–H and O–H groups in total. The van der Waals surface area contributed by atoms with Crippen molar-refractivity contribution in [3.8, 4) is 0 Å². The zero-order valence-corrected chi connectivity index (χ0v) is 24.1. The first kappa shape index (κ1) is 32.4. The van der Waals surface area contributed by atoms with Crippen LogP contribution in [0.1, 0.15) is 47.8 Å². The third-order valence-electron chi connectivity index (χ3n) is 6.18. The summed E-state index contributed by atoms with van der Waals surface area (Å²) >= 11 is 0. The molecule has 2 fully saturated rings. The molecule has 1 unspecified atom stereocenters. The number of aromatic nitrogens is 2. The maximum atomic E-state index is 15.7. The molecule has 2 aliphatic rings. The Kier molecular flexibility index (Phi) is 8.92. The highest BCUT2D eigenvalue weighted by molar-refractivity contribution is 7.48. The Morgan fingerprint density at radius 2 is 1.76 bits per heavy atom. The molecule has 3 rings (SSSR count). The number of phosphoric acid groups is 1. The SMILES string of the molecule is CC(C)(C)C(=O)OCOP(=O)(OCOC(=O)C(C)(C)C)OC1[C@@]2(CN=[N+]=[N-])O[C@@H](n3ccc(N)nc3=O)[C@H](F)[C@@]12O. The Morgan fingerprint density at radius 3 is 2.22 bits per heavy atom. The monoisotopic (exact) mass is 606 g/mol. The molecular formula is C22H32FN6O11P. The van der Waals surface area contributed by atoms with E-state index in [1.807, 2.05) is 0 Å². The summed E-state index contributed by atoms with van der Waals surface area (Å²) in [5.41, 5.74) is 6.59. The van der Waals surface area contributed by atoms with Gasteiger partial charge in [-0.3, -0.25) is 18.7 Å². The van der Waals surface area contributed by atoms with Gasteiger partial charge in [0, 0.05) is 11.1 Å². The van der Waals surface area contributed by atoms with E-state index in [2.05, 4.69) is 15.0 Å². The number of rotatable bonds is 11. The molecule has 0 radical (unpaired) electrons. The highest BCUT2D eigenvalue weighted by Crippen LogP contribution is 2.69. The average molecular weight is 607 g/mol. The molecule has 0 amide bonds. The lowest BCUT2D eigenvalue weighted by molar-refractivity contribution is -0.164. The molecule has 17 nitrogen and oxygen atoms in total. The molecule has 1 aromatic rings. The van der Waals surface area contributed by atoms with Crippen molar-refractivity contribution >= 4 is 25.6 Å². The van der Waals surface area contributed by atoms with E-state index in [1.54, 1.807) is 41.5 Å². The summed E-state index contributed by atoms with van der Waals surface area (Å²) in [5, 5.41) is 14.6. The standard InChI is InChI=1S/C22H32FN6O11P/c1-19(2,3)16(30)35-10-37-41(34,38-11-36-17(31)20(4,5)6)40-15-21(9-26-28-25)22(15,33)13(23)14(39-21)29-8-7-12(24)27-18(29)32/h7-8,13-15,33H,9-11H2,1-6H3,(H2,24,27,32)/t13-,14+,15?,21+,22+/m0/s1. The maximum absolute atomic E-state index is 15.7. The number of hydrogen-bond donors (Lipinski definition) is 2. The molecule has 2 heterocycles. The quantitative estimate of drug-likeness (QED) is 0.0917. The van der Waals surface area contributed by atoms with Gasteiger partial charge in [0.25, 0.3) is 0 Å². The van der Waals surface area contributed by atoms with E-state index in [0.29, 0.717) is 4.57 Å². The van der Waals surface area contributed by atoms with Crippen LogP contribution in [0.4, 0.5) is 10.2 Å². The summed E-state index contributed by atoms with van der Waals surface area (Å²) in [7, 11) is -4.93. The Hall–Kier alpha value is -3.11. The van der Waals surface area contributed by atoms with Crippen LogP contribution in [0.2, 0.25) is 0 Å². The van der Waals surface area contributed by atoms with Crippen molar-refractivity contribution in [3.05, 3.63) is 33.2 Å². The summed E-state index contributed by atoms with van der Waals surface area (Å²) in [4.78, 5) is 42.5. The van der Waals surface area contributed by atoms with Gasteiger partial charge in [0.05, 0.1) is 17.4 Å². The van der Waals surface area contributed by atoms with E-state index >= 15 is 4.39 Å². The second-order valence-corrected chi connectivity index (χ2v) is 13.0.